The molecule has 1 aliphatic heterocycles. The predicted octanol–water partition coefficient (Wildman–Crippen LogP) is 1.34. The van der Waals surface area contributed by atoms with Gasteiger partial charge in [0.05, 0.1) is 5.36 Å². The normalized spacial score (nSPS) is 22.8. The van der Waals surface area contributed by atoms with Gasteiger partial charge in [-0.25, -0.2) is 0 Å². The number of hydrogen-bond donors (Lipinski definition) is 1. The summed E-state index contributed by atoms with van der Waals surface area (Å²) in [6.45, 7) is 2.01. The van der Waals surface area contributed by atoms with Gasteiger partial charge in [-0.3, -0.25) is 4.99 Å². The second-order valence-corrected chi connectivity index (χ2v) is 4.80. The van der Waals surface area contributed by atoms with Gasteiger partial charge in [-0.05, 0) is 29.8 Å². The van der Waals surface area contributed by atoms with Crippen LogP contribution in [0, 0.1) is 0 Å². The minimum Gasteiger partial charge on any atom is -0.325 e. The molecule has 0 radical (unpaired) electrons. The maximum absolute atomic E-state index is 6.22. The Morgan fingerprint density at radius 1 is 1.00 bits per heavy atom. The molecule has 18 heavy (non-hydrogen) atoms. The maximum atomic E-state index is 6.22. The van der Waals surface area contributed by atoms with E-state index in [0.29, 0.717) is 0 Å². The van der Waals surface area contributed by atoms with E-state index >= 15 is 0 Å². The number of nitrogens with zero attached hydrogens (tertiary/aromatic N) is 1. The Morgan fingerprint density at radius 3 is 2.33 bits per heavy atom. The topological polar surface area (TPSA) is 38.4 Å². The van der Waals surface area contributed by atoms with Gasteiger partial charge in [0.15, 0.2) is 0 Å². The Labute approximate surface area is 106 Å². The Bertz CT molecular complexity index is 637. The third-order valence-corrected chi connectivity index (χ3v) is 3.55. The van der Waals surface area contributed by atoms with Crippen molar-refractivity contribution in [1.29, 1.82) is 0 Å². The second kappa shape index (κ2) is 4.07. The van der Waals surface area contributed by atoms with Crippen LogP contribution in [0.5, 0.6) is 0 Å². The summed E-state index contributed by atoms with van der Waals surface area (Å²) in [5.74, 6) is 0. The van der Waals surface area contributed by atoms with Gasteiger partial charge in [-0.1, -0.05) is 48.5 Å². The Kier molecular flexibility index (Phi) is 2.53. The quantitative estimate of drug-likeness (QED) is 0.839. The first-order chi connectivity index (χ1) is 8.72. The molecule has 2 heteroatoms. The highest BCUT2D eigenvalue weighted by molar-refractivity contribution is 5.50. The van der Waals surface area contributed by atoms with E-state index in [-0.39, 0.29) is 6.04 Å². The van der Waals surface area contributed by atoms with Gasteiger partial charge >= 0.3 is 0 Å². The standard InChI is InChI=1S/C16H16N2/c1-12(17)16(14-8-3-2-4-9-14)11-13-7-5-6-10-15(13)18-16/h2-12H,17H2,1H3. The Hall–Kier alpha value is -1.93. The van der Waals surface area contributed by atoms with E-state index in [2.05, 4.69) is 24.3 Å². The smallest absolute Gasteiger partial charge is 0.120 e. The zero-order chi connectivity index (χ0) is 12.6. The van der Waals surface area contributed by atoms with Crippen molar-refractivity contribution >= 4 is 6.08 Å². The van der Waals surface area contributed by atoms with Crippen LogP contribution in [0.25, 0.3) is 6.08 Å². The summed E-state index contributed by atoms with van der Waals surface area (Å²) < 4.78 is 0. The van der Waals surface area contributed by atoms with Crippen molar-refractivity contribution in [1.82, 2.24) is 0 Å². The van der Waals surface area contributed by atoms with Crippen LogP contribution in [0.4, 0.5) is 0 Å². The van der Waals surface area contributed by atoms with Crippen LogP contribution in [0.3, 0.4) is 0 Å². The van der Waals surface area contributed by atoms with Crippen molar-refractivity contribution in [2.75, 3.05) is 0 Å². The van der Waals surface area contributed by atoms with Crippen LogP contribution in [0.15, 0.2) is 59.6 Å². The minimum atomic E-state index is -0.426. The first-order valence-electron chi connectivity index (χ1n) is 6.21. The van der Waals surface area contributed by atoms with Crippen molar-refractivity contribution in [3.63, 3.8) is 0 Å². The number of fused-ring (bicyclic) bond motifs is 1. The summed E-state index contributed by atoms with van der Waals surface area (Å²) in [7, 11) is 0. The van der Waals surface area contributed by atoms with Crippen molar-refractivity contribution < 1.29 is 0 Å². The van der Waals surface area contributed by atoms with Crippen molar-refractivity contribution in [3.8, 4) is 0 Å². The lowest BCUT2D eigenvalue weighted by molar-refractivity contribution is 0.490. The van der Waals surface area contributed by atoms with Gasteiger partial charge in [0.2, 0.25) is 0 Å². The van der Waals surface area contributed by atoms with Crippen molar-refractivity contribution in [3.05, 3.63) is 70.7 Å². The van der Waals surface area contributed by atoms with E-state index in [1.807, 2.05) is 43.3 Å². The molecule has 0 saturated heterocycles. The molecule has 0 bridgehead atoms. The molecule has 2 N–H and O–H groups in total. The van der Waals surface area contributed by atoms with Crippen LogP contribution < -0.4 is 16.3 Å². The zero-order valence-corrected chi connectivity index (χ0v) is 10.4. The average Bonchev–Trinajstić information content (AvgIpc) is 2.80. The monoisotopic (exact) mass is 236 g/mol. The minimum absolute atomic E-state index is 0.0627. The first kappa shape index (κ1) is 11.2. The maximum Gasteiger partial charge on any atom is 0.120 e. The lowest BCUT2D eigenvalue weighted by Gasteiger charge is -2.29. The highest BCUT2D eigenvalue weighted by Gasteiger charge is 2.35. The summed E-state index contributed by atoms with van der Waals surface area (Å²) in [4.78, 5) is 4.87. The second-order valence-electron chi connectivity index (χ2n) is 4.80. The fraction of sp³-hybridized carbons (Fsp3) is 0.188. The largest absolute Gasteiger partial charge is 0.325 e. The molecular weight excluding hydrogens is 220 g/mol. The summed E-state index contributed by atoms with van der Waals surface area (Å²) in [6.07, 6.45) is 2.18. The molecule has 0 saturated carbocycles. The summed E-state index contributed by atoms with van der Waals surface area (Å²) >= 11 is 0. The molecule has 1 heterocycles. The first-order valence-corrected chi connectivity index (χ1v) is 6.21. The lowest BCUT2D eigenvalue weighted by atomic mass is 9.85. The Morgan fingerprint density at radius 2 is 1.67 bits per heavy atom. The van der Waals surface area contributed by atoms with Gasteiger partial charge < -0.3 is 5.73 Å². The van der Waals surface area contributed by atoms with Crippen LogP contribution in [0.2, 0.25) is 0 Å². The van der Waals surface area contributed by atoms with Gasteiger partial charge in [0.1, 0.15) is 5.54 Å². The zero-order valence-electron chi connectivity index (χ0n) is 10.4. The summed E-state index contributed by atoms with van der Waals surface area (Å²) in [5.41, 5.74) is 6.94. The molecular formula is C16H16N2. The van der Waals surface area contributed by atoms with Crippen LogP contribution in [0.1, 0.15) is 12.5 Å². The van der Waals surface area contributed by atoms with E-state index in [0.717, 1.165) is 10.9 Å². The number of benzene rings is 2. The van der Waals surface area contributed by atoms with Gasteiger partial charge in [-0.15, -0.1) is 0 Å². The number of hydrogen-bond acceptors (Lipinski definition) is 2. The fourth-order valence-electron chi connectivity index (χ4n) is 2.53. The van der Waals surface area contributed by atoms with E-state index < -0.39 is 5.54 Å². The fourth-order valence-corrected chi connectivity index (χ4v) is 2.53. The summed E-state index contributed by atoms with van der Waals surface area (Å²) in [6, 6.07) is 18.4. The summed E-state index contributed by atoms with van der Waals surface area (Å²) in [5, 5.41) is 2.19. The van der Waals surface area contributed by atoms with E-state index in [1.165, 1.54) is 5.22 Å². The van der Waals surface area contributed by atoms with E-state index in [9.17, 15) is 0 Å². The molecule has 2 aromatic carbocycles. The number of para-hydroxylation sites is 1. The van der Waals surface area contributed by atoms with E-state index in [4.69, 9.17) is 10.7 Å². The average molecular weight is 236 g/mol. The molecule has 0 amide bonds. The molecule has 3 rings (SSSR count). The molecule has 0 fully saturated rings. The van der Waals surface area contributed by atoms with Crippen LogP contribution in [-0.4, -0.2) is 6.04 Å². The molecule has 2 aromatic rings. The van der Waals surface area contributed by atoms with Crippen LogP contribution >= 0.6 is 0 Å². The van der Waals surface area contributed by atoms with Gasteiger partial charge in [0, 0.05) is 6.04 Å². The van der Waals surface area contributed by atoms with Gasteiger partial charge in [0.25, 0.3) is 0 Å². The highest BCUT2D eigenvalue weighted by Crippen LogP contribution is 2.31. The SMILES string of the molecule is CC(N)C1(c2ccccc2)C=c2ccccc2=N1. The van der Waals surface area contributed by atoms with Gasteiger partial charge in [-0.2, -0.15) is 0 Å². The molecule has 0 aliphatic carbocycles. The predicted molar refractivity (Wildman–Crippen MR) is 73.5 cm³/mol. The number of rotatable bonds is 2. The lowest BCUT2D eigenvalue weighted by Crippen LogP contribution is -2.39. The molecule has 2 unspecified atom stereocenters. The molecule has 1 aliphatic rings. The molecule has 2 atom stereocenters. The Balaban J connectivity index is 2.27. The molecule has 2 nitrogen and oxygen atoms in total. The highest BCUT2D eigenvalue weighted by atomic mass is 14.9. The molecule has 0 aromatic heterocycles. The number of nitrogens with two attached hydrogens (primary N) is 1. The molecule has 90 valence electrons. The molecule has 0 spiro atoms. The van der Waals surface area contributed by atoms with Crippen molar-refractivity contribution in [2.24, 2.45) is 10.7 Å². The third kappa shape index (κ3) is 1.57. The third-order valence-electron chi connectivity index (χ3n) is 3.55. The van der Waals surface area contributed by atoms with Crippen molar-refractivity contribution in [2.45, 2.75) is 18.5 Å². The van der Waals surface area contributed by atoms with E-state index in [1.54, 1.807) is 0 Å². The van der Waals surface area contributed by atoms with Crippen LogP contribution in [-0.2, 0) is 5.54 Å².